The molecule has 0 rings (SSSR count). The average Bonchev–Trinajstić information content (AvgIpc) is 2.13. The van der Waals surface area contributed by atoms with Crippen LogP contribution in [-0.2, 0) is 9.53 Å². The number of hydrogen-bond acceptors (Lipinski definition) is 3. The number of carbonyl (C=O) groups excluding carboxylic acids is 1. The number of ketones is 1. The van der Waals surface area contributed by atoms with Gasteiger partial charge in [-0.25, -0.2) is 0 Å². The van der Waals surface area contributed by atoms with Gasteiger partial charge in [0.25, 0.3) is 0 Å². The van der Waals surface area contributed by atoms with E-state index in [1.54, 1.807) is 0 Å². The SMILES string of the molecule is CC(C)C(=O)C(C)(C)OCCCNC(C)(C)C. The molecule has 17 heavy (non-hydrogen) atoms. The molecule has 0 spiro atoms. The second kappa shape index (κ2) is 6.50. The lowest BCUT2D eigenvalue weighted by atomic mass is 9.94. The van der Waals surface area contributed by atoms with Gasteiger partial charge in [-0.05, 0) is 47.6 Å². The maximum atomic E-state index is 11.8. The van der Waals surface area contributed by atoms with Crippen molar-refractivity contribution < 1.29 is 9.53 Å². The summed E-state index contributed by atoms with van der Waals surface area (Å²) in [7, 11) is 0. The average molecular weight is 243 g/mol. The molecule has 1 N–H and O–H groups in total. The Balaban J connectivity index is 3.85. The second-order valence-corrected chi connectivity index (χ2v) is 6.41. The summed E-state index contributed by atoms with van der Waals surface area (Å²) in [4.78, 5) is 11.8. The van der Waals surface area contributed by atoms with Gasteiger partial charge in [-0.3, -0.25) is 4.79 Å². The Morgan fingerprint density at radius 2 is 1.71 bits per heavy atom. The summed E-state index contributed by atoms with van der Waals surface area (Å²) in [5, 5.41) is 3.40. The molecule has 0 fully saturated rings. The Labute approximate surface area is 106 Å². The fraction of sp³-hybridized carbons (Fsp3) is 0.929. The van der Waals surface area contributed by atoms with Crippen molar-refractivity contribution in [2.75, 3.05) is 13.2 Å². The van der Waals surface area contributed by atoms with Gasteiger partial charge in [0.2, 0.25) is 0 Å². The fourth-order valence-corrected chi connectivity index (χ4v) is 1.63. The van der Waals surface area contributed by atoms with E-state index in [0.29, 0.717) is 6.61 Å². The zero-order valence-corrected chi connectivity index (χ0v) is 12.5. The van der Waals surface area contributed by atoms with E-state index in [-0.39, 0.29) is 17.2 Å². The summed E-state index contributed by atoms with van der Waals surface area (Å²) in [6, 6.07) is 0. The molecule has 0 amide bonds. The van der Waals surface area contributed by atoms with Crippen LogP contribution in [0.2, 0.25) is 0 Å². The van der Waals surface area contributed by atoms with Gasteiger partial charge in [-0.2, -0.15) is 0 Å². The van der Waals surface area contributed by atoms with Crippen LogP contribution in [0.15, 0.2) is 0 Å². The van der Waals surface area contributed by atoms with E-state index in [1.165, 1.54) is 0 Å². The van der Waals surface area contributed by atoms with Crippen molar-refractivity contribution in [3.63, 3.8) is 0 Å². The topological polar surface area (TPSA) is 38.3 Å². The van der Waals surface area contributed by atoms with E-state index in [2.05, 4.69) is 26.1 Å². The summed E-state index contributed by atoms with van der Waals surface area (Å²) in [6.07, 6.45) is 0.923. The zero-order chi connectivity index (χ0) is 13.7. The van der Waals surface area contributed by atoms with Crippen molar-refractivity contribution in [2.45, 2.75) is 66.0 Å². The molecule has 0 saturated carbocycles. The van der Waals surface area contributed by atoms with Crippen LogP contribution in [0, 0.1) is 5.92 Å². The first-order valence-corrected chi connectivity index (χ1v) is 6.49. The van der Waals surface area contributed by atoms with Crippen LogP contribution >= 0.6 is 0 Å². The normalized spacial score (nSPS) is 13.2. The third-order valence-corrected chi connectivity index (χ3v) is 2.56. The monoisotopic (exact) mass is 243 g/mol. The number of Topliss-reactive ketones (excluding diaryl/α,β-unsaturated/α-hetero) is 1. The molecule has 0 aromatic rings. The molecule has 0 saturated heterocycles. The van der Waals surface area contributed by atoms with E-state index in [0.717, 1.165) is 13.0 Å². The van der Waals surface area contributed by atoms with Crippen LogP contribution in [0.25, 0.3) is 0 Å². The van der Waals surface area contributed by atoms with E-state index in [1.807, 2.05) is 27.7 Å². The van der Waals surface area contributed by atoms with E-state index >= 15 is 0 Å². The Hall–Kier alpha value is -0.410. The van der Waals surface area contributed by atoms with Gasteiger partial charge in [0, 0.05) is 18.1 Å². The molecular weight excluding hydrogens is 214 g/mol. The van der Waals surface area contributed by atoms with Crippen LogP contribution in [-0.4, -0.2) is 30.1 Å². The van der Waals surface area contributed by atoms with E-state index < -0.39 is 5.60 Å². The highest BCUT2D eigenvalue weighted by molar-refractivity contribution is 5.88. The van der Waals surface area contributed by atoms with Crippen LogP contribution in [0.1, 0.15) is 54.9 Å². The minimum atomic E-state index is -0.657. The van der Waals surface area contributed by atoms with Gasteiger partial charge in [-0.15, -0.1) is 0 Å². The van der Waals surface area contributed by atoms with Crippen LogP contribution < -0.4 is 5.32 Å². The molecular formula is C14H29NO2. The van der Waals surface area contributed by atoms with E-state index in [4.69, 9.17) is 4.74 Å². The minimum Gasteiger partial charge on any atom is -0.368 e. The van der Waals surface area contributed by atoms with Crippen molar-refractivity contribution in [2.24, 2.45) is 5.92 Å². The van der Waals surface area contributed by atoms with Crippen molar-refractivity contribution >= 4 is 5.78 Å². The third kappa shape index (κ3) is 7.50. The summed E-state index contributed by atoms with van der Waals surface area (Å²) in [6.45, 7) is 15.5. The maximum Gasteiger partial charge on any atom is 0.166 e. The van der Waals surface area contributed by atoms with Crippen molar-refractivity contribution in [1.82, 2.24) is 5.32 Å². The van der Waals surface area contributed by atoms with Gasteiger partial charge < -0.3 is 10.1 Å². The van der Waals surface area contributed by atoms with Crippen molar-refractivity contribution in [1.29, 1.82) is 0 Å². The van der Waals surface area contributed by atoms with Gasteiger partial charge in [-0.1, -0.05) is 13.8 Å². The highest BCUT2D eigenvalue weighted by Gasteiger charge is 2.29. The van der Waals surface area contributed by atoms with Gasteiger partial charge in [0.05, 0.1) is 0 Å². The second-order valence-electron chi connectivity index (χ2n) is 6.41. The van der Waals surface area contributed by atoms with Gasteiger partial charge in [0.15, 0.2) is 5.78 Å². The Bertz CT molecular complexity index is 239. The highest BCUT2D eigenvalue weighted by Crippen LogP contribution is 2.16. The van der Waals surface area contributed by atoms with Crippen LogP contribution in [0.3, 0.4) is 0 Å². The summed E-state index contributed by atoms with van der Waals surface area (Å²) in [5.74, 6) is 0.194. The highest BCUT2D eigenvalue weighted by atomic mass is 16.5. The quantitative estimate of drug-likeness (QED) is 0.699. The molecule has 0 aliphatic carbocycles. The number of hydrogen-bond donors (Lipinski definition) is 1. The Morgan fingerprint density at radius 1 is 1.18 bits per heavy atom. The van der Waals surface area contributed by atoms with Crippen molar-refractivity contribution in [3.05, 3.63) is 0 Å². The molecule has 0 aromatic carbocycles. The predicted molar refractivity (Wildman–Crippen MR) is 72.2 cm³/mol. The lowest BCUT2D eigenvalue weighted by molar-refractivity contribution is -0.143. The molecule has 0 bridgehead atoms. The molecule has 3 heteroatoms. The predicted octanol–water partition coefficient (Wildman–Crippen LogP) is 2.78. The molecule has 0 unspecified atom stereocenters. The number of ether oxygens (including phenoxy) is 1. The first kappa shape index (κ1) is 16.6. The summed E-state index contributed by atoms with van der Waals surface area (Å²) < 4.78 is 5.68. The number of carbonyl (C=O) groups is 1. The maximum absolute atomic E-state index is 11.8. The number of nitrogens with one attached hydrogen (secondary N) is 1. The lowest BCUT2D eigenvalue weighted by Gasteiger charge is -2.26. The van der Waals surface area contributed by atoms with E-state index in [9.17, 15) is 4.79 Å². The molecule has 0 atom stereocenters. The largest absolute Gasteiger partial charge is 0.368 e. The molecule has 0 heterocycles. The first-order chi connectivity index (χ1) is 7.56. The molecule has 0 aliphatic rings. The molecule has 102 valence electrons. The minimum absolute atomic E-state index is 0.0256. The smallest absolute Gasteiger partial charge is 0.166 e. The first-order valence-electron chi connectivity index (χ1n) is 6.49. The van der Waals surface area contributed by atoms with Gasteiger partial charge >= 0.3 is 0 Å². The van der Waals surface area contributed by atoms with Crippen LogP contribution in [0.4, 0.5) is 0 Å². The fourth-order valence-electron chi connectivity index (χ4n) is 1.63. The van der Waals surface area contributed by atoms with Crippen LogP contribution in [0.5, 0.6) is 0 Å². The summed E-state index contributed by atoms with van der Waals surface area (Å²) >= 11 is 0. The molecule has 0 aromatic heterocycles. The third-order valence-electron chi connectivity index (χ3n) is 2.56. The number of rotatable bonds is 7. The van der Waals surface area contributed by atoms with Gasteiger partial charge in [0.1, 0.15) is 5.60 Å². The standard InChI is InChI=1S/C14H29NO2/c1-11(2)12(16)14(6,7)17-10-8-9-15-13(3,4)5/h11,15H,8-10H2,1-7H3. The summed E-state index contributed by atoms with van der Waals surface area (Å²) in [5.41, 5.74) is -0.515. The molecule has 0 aliphatic heterocycles. The molecule has 3 nitrogen and oxygen atoms in total. The van der Waals surface area contributed by atoms with Crippen molar-refractivity contribution in [3.8, 4) is 0 Å². The molecule has 0 radical (unpaired) electrons. The lowest BCUT2D eigenvalue weighted by Crippen LogP contribution is -2.40. The zero-order valence-electron chi connectivity index (χ0n) is 12.5. The Morgan fingerprint density at radius 3 is 2.12 bits per heavy atom. The Kier molecular flexibility index (Phi) is 6.35.